The molecule has 0 aliphatic heterocycles. The standard InChI is InChI=1S/C12H16N2O4.Li.H/c1-12(2,3)18-11(17)14-7-8-4-5-9(10(15)16)13-6-8;;/h4-6H,7H2,1-3H3,(H,14,17)(H,15,16);;. The summed E-state index contributed by atoms with van der Waals surface area (Å²) in [6.07, 6.45) is 0.880. The molecule has 100 valence electrons. The first-order valence-electron chi connectivity index (χ1n) is 5.43. The van der Waals surface area contributed by atoms with Gasteiger partial charge in [0, 0.05) is 12.7 Å². The number of alkyl carbamates (subject to hydrolysis) is 1. The fourth-order valence-corrected chi connectivity index (χ4v) is 1.14. The second kappa shape index (κ2) is 7.17. The Morgan fingerprint density at radius 2 is 2.00 bits per heavy atom. The molecule has 0 saturated heterocycles. The molecule has 7 heteroatoms. The fourth-order valence-electron chi connectivity index (χ4n) is 1.14. The molecule has 0 aliphatic rings. The zero-order valence-corrected chi connectivity index (χ0v) is 10.6. The van der Waals surface area contributed by atoms with E-state index in [9.17, 15) is 9.59 Å². The molecule has 0 atom stereocenters. The van der Waals surface area contributed by atoms with Gasteiger partial charge in [0.1, 0.15) is 11.3 Å². The van der Waals surface area contributed by atoms with Crippen molar-refractivity contribution in [1.29, 1.82) is 0 Å². The first-order chi connectivity index (χ1) is 8.28. The van der Waals surface area contributed by atoms with Crippen molar-refractivity contribution in [3.63, 3.8) is 0 Å². The van der Waals surface area contributed by atoms with Crippen molar-refractivity contribution in [3.05, 3.63) is 29.6 Å². The fraction of sp³-hybridized carbons (Fsp3) is 0.417. The average Bonchev–Trinajstić information content (AvgIpc) is 2.24. The number of aromatic nitrogens is 1. The molecule has 2 N–H and O–H groups in total. The molecular formula is C12H17LiN2O4. The zero-order chi connectivity index (χ0) is 13.8. The number of carbonyl (C=O) groups excluding carboxylic acids is 1. The van der Waals surface area contributed by atoms with E-state index >= 15 is 0 Å². The van der Waals surface area contributed by atoms with Crippen molar-refractivity contribution < 1.29 is 19.4 Å². The maximum atomic E-state index is 11.4. The van der Waals surface area contributed by atoms with Crippen LogP contribution in [0.25, 0.3) is 0 Å². The van der Waals surface area contributed by atoms with Crippen LogP contribution in [-0.2, 0) is 11.3 Å². The number of amides is 1. The summed E-state index contributed by atoms with van der Waals surface area (Å²) in [5.41, 5.74) is 0.122. The van der Waals surface area contributed by atoms with E-state index in [1.165, 1.54) is 12.3 Å². The number of rotatable bonds is 3. The predicted octanol–water partition coefficient (Wildman–Crippen LogP) is 1.16. The molecule has 6 nitrogen and oxygen atoms in total. The monoisotopic (exact) mass is 260 g/mol. The summed E-state index contributed by atoms with van der Waals surface area (Å²) >= 11 is 0. The molecule has 1 aromatic rings. The second-order valence-corrected chi connectivity index (χ2v) is 4.71. The van der Waals surface area contributed by atoms with Crippen LogP contribution in [0.4, 0.5) is 4.79 Å². The van der Waals surface area contributed by atoms with Crippen LogP contribution >= 0.6 is 0 Å². The molecule has 19 heavy (non-hydrogen) atoms. The molecule has 1 rings (SSSR count). The Labute approximate surface area is 123 Å². The number of hydrogen-bond acceptors (Lipinski definition) is 4. The maximum absolute atomic E-state index is 11.4. The van der Waals surface area contributed by atoms with Crippen LogP contribution in [0.2, 0.25) is 0 Å². The molecule has 0 aromatic carbocycles. The third-order valence-electron chi connectivity index (χ3n) is 1.88. The Morgan fingerprint density at radius 1 is 1.37 bits per heavy atom. The van der Waals surface area contributed by atoms with Gasteiger partial charge < -0.3 is 15.2 Å². The summed E-state index contributed by atoms with van der Waals surface area (Å²) in [5, 5.41) is 11.2. The number of hydrogen-bond donors (Lipinski definition) is 2. The van der Waals surface area contributed by atoms with E-state index in [-0.39, 0.29) is 31.1 Å². The first kappa shape index (κ1) is 17.5. The number of carboxylic acid groups (broad SMARTS) is 1. The van der Waals surface area contributed by atoms with Crippen LogP contribution in [-0.4, -0.2) is 46.6 Å². The number of pyridine rings is 1. The summed E-state index contributed by atoms with van der Waals surface area (Å²) in [4.78, 5) is 25.7. The minimum atomic E-state index is -1.08. The van der Waals surface area contributed by atoms with E-state index in [2.05, 4.69) is 10.3 Å². The van der Waals surface area contributed by atoms with Gasteiger partial charge in [-0.1, -0.05) is 6.07 Å². The van der Waals surface area contributed by atoms with Crippen molar-refractivity contribution >= 4 is 30.9 Å². The molecule has 0 unspecified atom stereocenters. The Hall–Kier alpha value is -1.51. The molecule has 1 aromatic heterocycles. The van der Waals surface area contributed by atoms with Gasteiger partial charge in [-0.2, -0.15) is 0 Å². The van der Waals surface area contributed by atoms with Gasteiger partial charge >= 0.3 is 30.9 Å². The molecule has 0 fully saturated rings. The van der Waals surface area contributed by atoms with Crippen LogP contribution in [0.1, 0.15) is 36.8 Å². The van der Waals surface area contributed by atoms with Crippen LogP contribution in [0, 0.1) is 0 Å². The average molecular weight is 260 g/mol. The van der Waals surface area contributed by atoms with Crippen LogP contribution in [0.3, 0.4) is 0 Å². The summed E-state index contributed by atoms with van der Waals surface area (Å²) in [7, 11) is 0. The van der Waals surface area contributed by atoms with Crippen LogP contribution in [0.15, 0.2) is 18.3 Å². The number of ether oxygens (including phenoxy) is 1. The Kier molecular flexibility index (Phi) is 6.60. The van der Waals surface area contributed by atoms with E-state index in [0.29, 0.717) is 5.56 Å². The van der Waals surface area contributed by atoms with E-state index in [4.69, 9.17) is 9.84 Å². The molecule has 0 bridgehead atoms. The van der Waals surface area contributed by atoms with Crippen molar-refractivity contribution in [3.8, 4) is 0 Å². The van der Waals surface area contributed by atoms with Gasteiger partial charge in [0.25, 0.3) is 0 Å². The minimum absolute atomic E-state index is 0. The summed E-state index contributed by atoms with van der Waals surface area (Å²) < 4.78 is 5.06. The number of nitrogens with zero attached hydrogens (tertiary/aromatic N) is 1. The van der Waals surface area contributed by atoms with Crippen molar-refractivity contribution in [1.82, 2.24) is 10.3 Å². The molecule has 0 spiro atoms. The molecular weight excluding hydrogens is 243 g/mol. The summed E-state index contributed by atoms with van der Waals surface area (Å²) in [6, 6.07) is 2.97. The molecule has 0 radical (unpaired) electrons. The van der Waals surface area contributed by atoms with Gasteiger partial charge in [0.05, 0.1) is 0 Å². The Bertz CT molecular complexity index is 440. The molecule has 0 saturated carbocycles. The van der Waals surface area contributed by atoms with E-state index in [0.717, 1.165) is 0 Å². The Morgan fingerprint density at radius 3 is 2.42 bits per heavy atom. The second-order valence-electron chi connectivity index (χ2n) is 4.71. The zero-order valence-electron chi connectivity index (χ0n) is 10.6. The van der Waals surface area contributed by atoms with Crippen molar-refractivity contribution in [2.45, 2.75) is 32.9 Å². The predicted molar refractivity (Wildman–Crippen MR) is 71.4 cm³/mol. The van der Waals surface area contributed by atoms with Crippen molar-refractivity contribution in [2.75, 3.05) is 0 Å². The number of aromatic carboxylic acids is 1. The van der Waals surface area contributed by atoms with E-state index in [1.54, 1.807) is 26.8 Å². The van der Waals surface area contributed by atoms with Gasteiger partial charge in [-0.25, -0.2) is 14.6 Å². The molecule has 1 heterocycles. The normalized spacial score (nSPS) is 10.3. The van der Waals surface area contributed by atoms with Gasteiger partial charge in [0.15, 0.2) is 0 Å². The van der Waals surface area contributed by atoms with Crippen LogP contribution < -0.4 is 5.32 Å². The number of nitrogens with one attached hydrogen (secondary N) is 1. The molecule has 0 aliphatic carbocycles. The van der Waals surface area contributed by atoms with Gasteiger partial charge in [-0.05, 0) is 32.4 Å². The van der Waals surface area contributed by atoms with E-state index < -0.39 is 17.7 Å². The summed E-state index contributed by atoms with van der Waals surface area (Å²) in [5.74, 6) is -1.08. The van der Waals surface area contributed by atoms with Crippen LogP contribution in [0.5, 0.6) is 0 Å². The third-order valence-corrected chi connectivity index (χ3v) is 1.88. The van der Waals surface area contributed by atoms with Crippen molar-refractivity contribution in [2.24, 2.45) is 0 Å². The van der Waals surface area contributed by atoms with Gasteiger partial charge in [0.2, 0.25) is 0 Å². The Balaban J connectivity index is 0.00000324. The topological polar surface area (TPSA) is 88.5 Å². The SMILES string of the molecule is CC(C)(C)OC(=O)NCc1ccc(C(=O)O)nc1.[LiH]. The molecule has 1 amide bonds. The number of carbonyl (C=O) groups is 2. The summed E-state index contributed by atoms with van der Waals surface area (Å²) in [6.45, 7) is 5.56. The van der Waals surface area contributed by atoms with E-state index in [1.807, 2.05) is 0 Å². The number of carboxylic acids is 1. The first-order valence-corrected chi connectivity index (χ1v) is 5.43. The van der Waals surface area contributed by atoms with Gasteiger partial charge in [-0.15, -0.1) is 0 Å². The van der Waals surface area contributed by atoms with Gasteiger partial charge in [-0.3, -0.25) is 0 Å². The quantitative estimate of drug-likeness (QED) is 0.796. The third kappa shape index (κ3) is 6.84.